The maximum absolute atomic E-state index is 12.4. The van der Waals surface area contributed by atoms with Crippen molar-refractivity contribution in [1.29, 1.82) is 0 Å². The number of allylic oxidation sites excluding steroid dienone is 8. The van der Waals surface area contributed by atoms with Gasteiger partial charge in [-0.05, 0) is 123 Å². The van der Waals surface area contributed by atoms with Gasteiger partial charge in [-0.15, -0.1) is 0 Å². The van der Waals surface area contributed by atoms with Crippen molar-refractivity contribution in [3.8, 4) is 0 Å². The number of carbonyl (C=O) groups is 1. The normalized spacial score (nSPS) is 19.1. The molecule has 1 aliphatic carbocycles. The Morgan fingerprint density at radius 2 is 1.59 bits per heavy atom. The number of benzene rings is 3. The third kappa shape index (κ3) is 8.14. The number of carboxylic acid groups (broad SMARTS) is 1. The largest absolute Gasteiger partial charge is 0.478 e. The summed E-state index contributed by atoms with van der Waals surface area (Å²) in [6.07, 6.45) is 18.2. The van der Waals surface area contributed by atoms with Crippen LogP contribution in [-0.2, 0) is 20.9 Å². The second kappa shape index (κ2) is 16.5. The quantitative estimate of drug-likeness (QED) is 0.0961. The van der Waals surface area contributed by atoms with Gasteiger partial charge >= 0.3 is 5.97 Å². The maximum Gasteiger partial charge on any atom is 0.335 e. The summed E-state index contributed by atoms with van der Waals surface area (Å²) in [7, 11) is -4.37. The van der Waals surface area contributed by atoms with Crippen LogP contribution in [0.1, 0.15) is 132 Å². The van der Waals surface area contributed by atoms with Gasteiger partial charge in [0.1, 0.15) is 6.54 Å². The SMILES string of the molecule is CCCCCN1/C(=C/C=C2\CCCC(/C=C/C3=[N+](CCCCC)c4ccccc4C3(C)C)=C2c2cc(C)cc(C(=O)O)c2)C(C)(C)c2cc(S(=O)(=O)O)ccc21. The van der Waals surface area contributed by atoms with Crippen molar-refractivity contribution in [2.45, 2.75) is 122 Å². The van der Waals surface area contributed by atoms with E-state index in [1.165, 1.54) is 35.0 Å². The van der Waals surface area contributed by atoms with Crippen LogP contribution in [0.2, 0.25) is 0 Å². The van der Waals surface area contributed by atoms with Crippen LogP contribution in [0.25, 0.3) is 5.57 Å². The van der Waals surface area contributed by atoms with Crippen molar-refractivity contribution in [2.24, 2.45) is 0 Å². The molecule has 3 aromatic carbocycles. The van der Waals surface area contributed by atoms with Gasteiger partial charge in [-0.25, -0.2) is 4.79 Å². The second-order valence-electron chi connectivity index (χ2n) is 16.7. The van der Waals surface area contributed by atoms with Gasteiger partial charge < -0.3 is 10.0 Å². The topological polar surface area (TPSA) is 97.9 Å². The van der Waals surface area contributed by atoms with Gasteiger partial charge in [-0.2, -0.15) is 13.0 Å². The van der Waals surface area contributed by atoms with E-state index in [9.17, 15) is 22.9 Å². The lowest BCUT2D eigenvalue weighted by molar-refractivity contribution is -0.438. The Kier molecular flexibility index (Phi) is 12.1. The van der Waals surface area contributed by atoms with Crippen LogP contribution in [-0.4, -0.2) is 47.4 Å². The van der Waals surface area contributed by atoms with E-state index in [-0.39, 0.29) is 15.9 Å². The van der Waals surface area contributed by atoms with E-state index in [4.69, 9.17) is 0 Å². The van der Waals surface area contributed by atoms with E-state index in [0.29, 0.717) is 0 Å². The minimum absolute atomic E-state index is 0.101. The molecule has 0 saturated heterocycles. The molecule has 0 aromatic heterocycles. The Bertz CT molecular complexity index is 2290. The first-order valence-corrected chi connectivity index (χ1v) is 21.9. The minimum atomic E-state index is -4.37. The third-order valence-corrected chi connectivity index (χ3v) is 12.8. The van der Waals surface area contributed by atoms with E-state index < -0.39 is 21.5 Å². The molecular weight excluding hydrogens is 717 g/mol. The molecule has 0 fully saturated rings. The lowest BCUT2D eigenvalue weighted by atomic mass is 9.79. The summed E-state index contributed by atoms with van der Waals surface area (Å²) in [5.41, 5.74) is 11.5. The van der Waals surface area contributed by atoms with Crippen LogP contribution in [0.15, 0.2) is 107 Å². The van der Waals surface area contributed by atoms with Gasteiger partial charge in [0.2, 0.25) is 5.69 Å². The predicted octanol–water partition coefficient (Wildman–Crippen LogP) is 11.5. The van der Waals surface area contributed by atoms with E-state index in [1.807, 2.05) is 19.1 Å². The van der Waals surface area contributed by atoms with Gasteiger partial charge in [0.15, 0.2) is 5.71 Å². The second-order valence-corrected chi connectivity index (χ2v) is 18.2. The molecule has 6 rings (SSSR count). The van der Waals surface area contributed by atoms with Gasteiger partial charge in [0.25, 0.3) is 10.1 Å². The highest BCUT2D eigenvalue weighted by molar-refractivity contribution is 7.85. The fourth-order valence-corrected chi connectivity index (χ4v) is 9.52. The molecule has 2 N–H and O–H groups in total. The average Bonchev–Trinajstić information content (AvgIpc) is 3.50. The first-order chi connectivity index (χ1) is 26.6. The number of aryl methyl sites for hydroxylation is 1. The molecule has 0 radical (unpaired) electrons. The molecule has 8 heteroatoms. The Morgan fingerprint density at radius 3 is 2.30 bits per heavy atom. The molecule has 56 heavy (non-hydrogen) atoms. The number of carboxylic acids is 1. The van der Waals surface area contributed by atoms with Gasteiger partial charge in [-0.1, -0.05) is 83.4 Å². The van der Waals surface area contributed by atoms with E-state index in [1.54, 1.807) is 12.1 Å². The zero-order valence-electron chi connectivity index (χ0n) is 34.3. The molecule has 0 amide bonds. The first-order valence-electron chi connectivity index (χ1n) is 20.4. The number of hydrogen-bond donors (Lipinski definition) is 2. The van der Waals surface area contributed by atoms with Crippen molar-refractivity contribution >= 4 is 38.7 Å². The summed E-state index contributed by atoms with van der Waals surface area (Å²) < 4.78 is 36.9. The molecule has 2 aliphatic heterocycles. The molecule has 0 atom stereocenters. The highest BCUT2D eigenvalue weighted by Gasteiger charge is 2.44. The summed E-state index contributed by atoms with van der Waals surface area (Å²) in [6.45, 7) is 17.0. The fraction of sp³-hybridized carbons (Fsp3) is 0.417. The number of aromatic carboxylic acids is 1. The summed E-state index contributed by atoms with van der Waals surface area (Å²) in [5.74, 6) is -0.947. The van der Waals surface area contributed by atoms with Crippen LogP contribution in [0, 0.1) is 6.92 Å². The highest BCUT2D eigenvalue weighted by Crippen LogP contribution is 2.49. The molecule has 3 aliphatic rings. The van der Waals surface area contributed by atoms with Gasteiger partial charge in [-0.3, -0.25) is 4.55 Å². The van der Waals surface area contributed by atoms with Crippen molar-refractivity contribution in [1.82, 2.24) is 0 Å². The predicted molar refractivity (Wildman–Crippen MR) is 229 cm³/mol. The number of unbranched alkanes of at least 4 members (excludes halogenated alkanes) is 4. The van der Waals surface area contributed by atoms with Crippen LogP contribution >= 0.6 is 0 Å². The zero-order chi connectivity index (χ0) is 40.4. The molecule has 296 valence electrons. The fourth-order valence-electron chi connectivity index (χ4n) is 9.02. The minimum Gasteiger partial charge on any atom is -0.478 e. The van der Waals surface area contributed by atoms with Crippen LogP contribution in [0.3, 0.4) is 0 Å². The van der Waals surface area contributed by atoms with Crippen molar-refractivity contribution in [2.75, 3.05) is 18.0 Å². The van der Waals surface area contributed by atoms with Crippen molar-refractivity contribution in [3.63, 3.8) is 0 Å². The number of para-hydroxylation sites is 1. The highest BCUT2D eigenvalue weighted by atomic mass is 32.2. The Hall–Kier alpha value is -4.53. The number of nitrogens with zero attached hydrogens (tertiary/aromatic N) is 2. The average molecular weight is 776 g/mol. The molecule has 0 unspecified atom stereocenters. The lowest BCUT2D eigenvalue weighted by Gasteiger charge is -2.28. The summed E-state index contributed by atoms with van der Waals surface area (Å²) in [5, 5.41) is 10.1. The monoisotopic (exact) mass is 775 g/mol. The number of anilines is 1. The van der Waals surface area contributed by atoms with E-state index in [0.717, 1.165) is 104 Å². The van der Waals surface area contributed by atoms with Gasteiger partial charge in [0, 0.05) is 47.5 Å². The third-order valence-electron chi connectivity index (χ3n) is 12.0. The number of fused-ring (bicyclic) bond motifs is 2. The Balaban J connectivity index is 1.52. The standard InChI is InChI=1S/C48H58N2O5S/c1-8-10-14-27-49-41-20-13-12-19-39(41)47(4,5)43(49)25-21-34-17-16-18-35(45(34)36-29-33(3)30-37(31-36)46(51)52)22-26-44-48(6,7)40-32-38(56(53,54)55)23-24-42(40)50(44)28-15-11-9-2/h12-13,19-26,29-32H,8-11,14-18,27-28H2,1-7H3,(H-,51,52,53,54,55)/p+1. The molecule has 2 heterocycles. The van der Waals surface area contributed by atoms with Crippen LogP contribution in [0.4, 0.5) is 11.4 Å². The number of rotatable bonds is 14. The summed E-state index contributed by atoms with van der Waals surface area (Å²) in [4.78, 5) is 14.6. The summed E-state index contributed by atoms with van der Waals surface area (Å²) in [6, 6.07) is 19.3. The first kappa shape index (κ1) is 41.1. The Labute approximate surface area is 334 Å². The summed E-state index contributed by atoms with van der Waals surface area (Å²) >= 11 is 0. The van der Waals surface area contributed by atoms with E-state index >= 15 is 0 Å². The lowest BCUT2D eigenvalue weighted by Crippen LogP contribution is -2.28. The molecule has 0 spiro atoms. The van der Waals surface area contributed by atoms with Crippen LogP contribution in [0.5, 0.6) is 0 Å². The molecule has 7 nitrogen and oxygen atoms in total. The molecule has 0 bridgehead atoms. The maximum atomic E-state index is 12.4. The van der Waals surface area contributed by atoms with E-state index in [2.05, 4.69) is 106 Å². The van der Waals surface area contributed by atoms with Crippen LogP contribution < -0.4 is 4.90 Å². The zero-order valence-corrected chi connectivity index (χ0v) is 35.1. The smallest absolute Gasteiger partial charge is 0.335 e. The molecular formula is C48H59N2O5S+. The molecule has 3 aromatic rings. The Morgan fingerprint density at radius 1 is 0.857 bits per heavy atom. The number of hydrogen-bond acceptors (Lipinski definition) is 4. The van der Waals surface area contributed by atoms with Crippen molar-refractivity contribution in [3.05, 3.63) is 130 Å². The molecule has 0 saturated carbocycles. The van der Waals surface area contributed by atoms with Crippen molar-refractivity contribution < 1.29 is 27.4 Å². The van der Waals surface area contributed by atoms with Gasteiger partial charge in [0.05, 0.1) is 15.9 Å².